The molecule has 0 atom stereocenters. The van der Waals surface area contributed by atoms with E-state index in [0.717, 1.165) is 0 Å². The van der Waals surface area contributed by atoms with Crippen LogP contribution in [-0.4, -0.2) is 26.6 Å². The molecule has 0 N–H and O–H groups in total. The van der Waals surface area contributed by atoms with Crippen LogP contribution in [0.3, 0.4) is 0 Å². The maximum Gasteiger partial charge on any atom is 0.292 e. The van der Waals surface area contributed by atoms with Crippen LogP contribution in [0.5, 0.6) is 0 Å². The molecule has 9 heteroatoms. The molecule has 0 unspecified atom stereocenters. The quantitative estimate of drug-likeness (QED) is 0.580. The van der Waals surface area contributed by atoms with E-state index in [1.165, 1.54) is 24.3 Å². The zero-order valence-electron chi connectivity index (χ0n) is 12.9. The number of nitrogens with zero attached hydrogens (tertiary/aromatic N) is 1. The first-order valence-corrected chi connectivity index (χ1v) is 9.40. The van der Waals surface area contributed by atoms with E-state index in [4.69, 9.17) is 21.1 Å². The third-order valence-electron chi connectivity index (χ3n) is 3.76. The van der Waals surface area contributed by atoms with Crippen molar-refractivity contribution < 1.29 is 22.8 Å². The summed E-state index contributed by atoms with van der Waals surface area (Å²) >= 11 is 5.96. The van der Waals surface area contributed by atoms with E-state index in [1.54, 1.807) is 18.2 Å². The molecular weight excluding hydrogens is 370 g/mol. The summed E-state index contributed by atoms with van der Waals surface area (Å²) in [5.74, 6) is -0.577. The number of hydrogen-bond donors (Lipinski definition) is 0. The number of ether oxygens (including phenoxy) is 2. The first kappa shape index (κ1) is 17.8. The standard InChI is InChI=1S/C16H14ClNO6S/c17-14-7-6-12(16-23-8-9-24-16)13(15(14)18(19)20)10-25(21,22)11-4-2-1-3-5-11/h1-7,16H,8-10H2. The van der Waals surface area contributed by atoms with Crippen LogP contribution in [0.4, 0.5) is 5.69 Å². The van der Waals surface area contributed by atoms with E-state index >= 15 is 0 Å². The molecule has 7 nitrogen and oxygen atoms in total. The Kier molecular flexibility index (Phi) is 5.05. The largest absolute Gasteiger partial charge is 0.346 e. The van der Waals surface area contributed by atoms with Crippen LogP contribution >= 0.6 is 11.6 Å². The highest BCUT2D eigenvalue weighted by atomic mass is 35.5. The molecule has 1 heterocycles. The number of hydrogen-bond acceptors (Lipinski definition) is 6. The van der Waals surface area contributed by atoms with E-state index in [1.807, 2.05) is 0 Å². The Labute approximate surface area is 149 Å². The summed E-state index contributed by atoms with van der Waals surface area (Å²) in [6, 6.07) is 10.6. The molecule has 0 amide bonds. The fourth-order valence-electron chi connectivity index (χ4n) is 2.63. The molecule has 1 saturated heterocycles. The van der Waals surface area contributed by atoms with Crippen molar-refractivity contribution in [2.24, 2.45) is 0 Å². The van der Waals surface area contributed by atoms with Crippen LogP contribution in [0.25, 0.3) is 0 Å². The fourth-order valence-corrected chi connectivity index (χ4v) is 4.30. The number of rotatable bonds is 5. The second-order valence-corrected chi connectivity index (χ2v) is 7.76. The average Bonchev–Trinajstić information content (AvgIpc) is 3.09. The van der Waals surface area contributed by atoms with Gasteiger partial charge in [0.25, 0.3) is 5.69 Å². The van der Waals surface area contributed by atoms with E-state index in [-0.39, 0.29) is 15.5 Å². The summed E-state index contributed by atoms with van der Waals surface area (Å²) in [5, 5.41) is 11.3. The molecule has 0 spiro atoms. The minimum atomic E-state index is -3.81. The number of benzene rings is 2. The molecule has 2 aromatic rings. The molecule has 0 radical (unpaired) electrons. The highest BCUT2D eigenvalue weighted by Gasteiger charge is 2.32. The van der Waals surface area contributed by atoms with Gasteiger partial charge in [-0.1, -0.05) is 35.9 Å². The summed E-state index contributed by atoms with van der Waals surface area (Å²) in [6.45, 7) is 0.651. The third-order valence-corrected chi connectivity index (χ3v) is 5.73. The fraction of sp³-hybridized carbons (Fsp3) is 0.250. The lowest BCUT2D eigenvalue weighted by atomic mass is 10.1. The Bertz CT molecular complexity index is 894. The van der Waals surface area contributed by atoms with Gasteiger partial charge in [-0.05, 0) is 18.2 Å². The van der Waals surface area contributed by atoms with Gasteiger partial charge in [0.05, 0.1) is 34.3 Å². The molecule has 1 aliphatic rings. The number of halogens is 1. The van der Waals surface area contributed by atoms with Crippen LogP contribution in [0.1, 0.15) is 17.4 Å². The maximum absolute atomic E-state index is 12.7. The lowest BCUT2D eigenvalue weighted by molar-refractivity contribution is -0.385. The average molecular weight is 384 g/mol. The van der Waals surface area contributed by atoms with Gasteiger partial charge in [0.15, 0.2) is 16.1 Å². The van der Waals surface area contributed by atoms with Gasteiger partial charge in [-0.2, -0.15) is 0 Å². The van der Waals surface area contributed by atoms with Crippen molar-refractivity contribution in [1.29, 1.82) is 0 Å². The molecular formula is C16H14ClNO6S. The van der Waals surface area contributed by atoms with Crippen molar-refractivity contribution in [3.05, 3.63) is 68.7 Å². The maximum atomic E-state index is 12.7. The molecule has 2 aromatic carbocycles. The van der Waals surface area contributed by atoms with Gasteiger partial charge in [-0.15, -0.1) is 0 Å². The predicted octanol–water partition coefficient (Wildman–Crippen LogP) is 3.27. The third kappa shape index (κ3) is 3.67. The number of nitro groups is 1. The summed E-state index contributed by atoms with van der Waals surface area (Å²) in [5.41, 5.74) is -0.167. The first-order chi connectivity index (χ1) is 11.9. The van der Waals surface area contributed by atoms with Crippen LogP contribution in [-0.2, 0) is 25.1 Å². The smallest absolute Gasteiger partial charge is 0.292 e. The van der Waals surface area contributed by atoms with Crippen LogP contribution in [0, 0.1) is 10.1 Å². The van der Waals surface area contributed by atoms with Gasteiger partial charge in [0.2, 0.25) is 0 Å². The molecule has 1 fully saturated rings. The lowest BCUT2D eigenvalue weighted by Crippen LogP contribution is -2.12. The molecule has 25 heavy (non-hydrogen) atoms. The van der Waals surface area contributed by atoms with Crippen molar-refractivity contribution in [3.8, 4) is 0 Å². The molecule has 3 rings (SSSR count). The number of sulfone groups is 1. The molecule has 0 bridgehead atoms. The normalized spacial score (nSPS) is 15.4. The zero-order chi connectivity index (χ0) is 18.0. The highest BCUT2D eigenvalue weighted by molar-refractivity contribution is 7.90. The Morgan fingerprint density at radius 1 is 1.12 bits per heavy atom. The van der Waals surface area contributed by atoms with Crippen molar-refractivity contribution >= 4 is 27.1 Å². The number of nitro benzene ring substituents is 1. The van der Waals surface area contributed by atoms with Gasteiger partial charge in [0, 0.05) is 5.56 Å². The van der Waals surface area contributed by atoms with Crippen LogP contribution in [0.15, 0.2) is 47.4 Å². The molecule has 1 aliphatic heterocycles. The van der Waals surface area contributed by atoms with E-state index < -0.39 is 32.5 Å². The van der Waals surface area contributed by atoms with Gasteiger partial charge >= 0.3 is 0 Å². The summed E-state index contributed by atoms with van der Waals surface area (Å²) in [7, 11) is -3.81. The minimum absolute atomic E-state index is 0.0201. The topological polar surface area (TPSA) is 95.7 Å². The molecule has 0 aromatic heterocycles. The first-order valence-electron chi connectivity index (χ1n) is 7.37. The highest BCUT2D eigenvalue weighted by Crippen LogP contribution is 2.38. The Morgan fingerprint density at radius 2 is 1.76 bits per heavy atom. The lowest BCUT2D eigenvalue weighted by Gasteiger charge is -2.16. The second kappa shape index (κ2) is 7.09. The molecule has 132 valence electrons. The predicted molar refractivity (Wildman–Crippen MR) is 90.1 cm³/mol. The van der Waals surface area contributed by atoms with Crippen molar-refractivity contribution in [2.75, 3.05) is 13.2 Å². The van der Waals surface area contributed by atoms with Crippen LogP contribution < -0.4 is 0 Å². The van der Waals surface area contributed by atoms with E-state index in [2.05, 4.69) is 0 Å². The Balaban J connectivity index is 2.12. The molecule has 0 aliphatic carbocycles. The van der Waals surface area contributed by atoms with Gasteiger partial charge < -0.3 is 9.47 Å². The van der Waals surface area contributed by atoms with Crippen molar-refractivity contribution in [3.63, 3.8) is 0 Å². The summed E-state index contributed by atoms with van der Waals surface area (Å²) in [6.07, 6.45) is -0.850. The summed E-state index contributed by atoms with van der Waals surface area (Å²) < 4.78 is 36.2. The zero-order valence-corrected chi connectivity index (χ0v) is 14.5. The minimum Gasteiger partial charge on any atom is -0.346 e. The SMILES string of the molecule is O=[N+]([O-])c1c(Cl)ccc(C2OCCO2)c1CS(=O)(=O)c1ccccc1. The monoisotopic (exact) mass is 383 g/mol. The second-order valence-electron chi connectivity index (χ2n) is 5.37. The van der Waals surface area contributed by atoms with Gasteiger partial charge in [0.1, 0.15) is 5.02 Å². The van der Waals surface area contributed by atoms with Crippen molar-refractivity contribution in [1.82, 2.24) is 0 Å². The van der Waals surface area contributed by atoms with E-state index in [9.17, 15) is 18.5 Å². The van der Waals surface area contributed by atoms with Crippen molar-refractivity contribution in [2.45, 2.75) is 16.9 Å². The molecule has 0 saturated carbocycles. The van der Waals surface area contributed by atoms with E-state index in [0.29, 0.717) is 18.8 Å². The summed E-state index contributed by atoms with van der Waals surface area (Å²) in [4.78, 5) is 10.9. The van der Waals surface area contributed by atoms with Gasteiger partial charge in [-0.25, -0.2) is 8.42 Å². The Hall–Kier alpha value is -2.00. The van der Waals surface area contributed by atoms with Crippen LogP contribution in [0.2, 0.25) is 5.02 Å². The van der Waals surface area contributed by atoms with Gasteiger partial charge in [-0.3, -0.25) is 10.1 Å². The Morgan fingerprint density at radius 3 is 2.36 bits per heavy atom.